The number of Topliss-reactive ketones (excluding diaryl/α,β-unsaturated/α-hetero) is 1. The number of nitrogens with zero attached hydrogens (tertiary/aromatic N) is 1. The van der Waals surface area contributed by atoms with Crippen molar-refractivity contribution in [3.8, 4) is 5.75 Å². The zero-order valence-corrected chi connectivity index (χ0v) is 16.6. The van der Waals surface area contributed by atoms with Crippen LogP contribution in [-0.2, 0) is 0 Å². The number of hydrogen-bond acceptors (Lipinski definition) is 5. The van der Waals surface area contributed by atoms with Gasteiger partial charge in [0.2, 0.25) is 0 Å². The maximum Gasteiger partial charge on any atom is 0.254 e. The Kier molecular flexibility index (Phi) is 6.37. The fourth-order valence-electron chi connectivity index (χ4n) is 3.76. The minimum Gasteiger partial charge on any atom is -0.508 e. The summed E-state index contributed by atoms with van der Waals surface area (Å²) in [5.74, 6) is 1.08. The molecule has 1 fully saturated rings. The Balaban J connectivity index is 1.74. The molecular weight excluding hydrogens is 360 g/mol. The van der Waals surface area contributed by atoms with Crippen molar-refractivity contribution in [2.24, 2.45) is 5.92 Å². The van der Waals surface area contributed by atoms with Crippen molar-refractivity contribution < 1.29 is 9.90 Å². The highest BCUT2D eigenvalue weighted by atomic mass is 32.2. The number of carbonyl (C=O) groups excluding carboxylic acids is 1. The first-order valence-electron chi connectivity index (χ1n) is 9.51. The quantitative estimate of drug-likeness (QED) is 0.436. The molecule has 1 heterocycles. The van der Waals surface area contributed by atoms with Crippen molar-refractivity contribution in [2.75, 3.05) is 5.75 Å². The molecule has 2 aromatic rings. The molecule has 1 aromatic heterocycles. The molecule has 27 heavy (non-hydrogen) atoms. The summed E-state index contributed by atoms with van der Waals surface area (Å²) >= 11 is 1.25. The standard InChI is InChI=1S/C21H26N2O3S/c1-13(15-6-4-3-5-7-15)19-14(2)20(26)23-21(22-19)27-12-18(25)16-8-10-17(24)11-9-16/h8-11,13,15,24H,3-7,12H2,1-2H3,(H,22,23,26). The Bertz CT molecular complexity index is 855. The van der Waals surface area contributed by atoms with E-state index in [0.717, 1.165) is 5.69 Å². The number of ketones is 1. The number of thioether (sulfide) groups is 1. The van der Waals surface area contributed by atoms with E-state index in [1.165, 1.54) is 56.0 Å². The summed E-state index contributed by atoms with van der Waals surface area (Å²) in [6, 6.07) is 6.18. The molecule has 2 N–H and O–H groups in total. The van der Waals surface area contributed by atoms with Gasteiger partial charge in [0.25, 0.3) is 5.56 Å². The van der Waals surface area contributed by atoms with E-state index < -0.39 is 0 Å². The number of nitrogens with one attached hydrogen (secondary N) is 1. The highest BCUT2D eigenvalue weighted by Gasteiger charge is 2.25. The first kappa shape index (κ1) is 19.7. The van der Waals surface area contributed by atoms with Gasteiger partial charge in [-0.15, -0.1) is 0 Å². The monoisotopic (exact) mass is 386 g/mol. The first-order valence-corrected chi connectivity index (χ1v) is 10.5. The van der Waals surface area contributed by atoms with Crippen molar-refractivity contribution in [2.45, 2.75) is 57.0 Å². The third-order valence-corrected chi connectivity index (χ3v) is 6.36. The van der Waals surface area contributed by atoms with E-state index >= 15 is 0 Å². The van der Waals surface area contributed by atoms with Gasteiger partial charge in [-0.25, -0.2) is 4.98 Å². The molecule has 0 radical (unpaired) electrons. The molecule has 144 valence electrons. The number of hydrogen-bond donors (Lipinski definition) is 2. The highest BCUT2D eigenvalue weighted by molar-refractivity contribution is 7.99. The van der Waals surface area contributed by atoms with Gasteiger partial charge in [0, 0.05) is 17.0 Å². The van der Waals surface area contributed by atoms with Crippen LogP contribution in [0.4, 0.5) is 0 Å². The first-order chi connectivity index (χ1) is 13.0. The van der Waals surface area contributed by atoms with E-state index in [-0.39, 0.29) is 28.8 Å². The molecule has 0 saturated heterocycles. The lowest BCUT2D eigenvalue weighted by molar-refractivity contribution is 0.102. The van der Waals surface area contributed by atoms with Crippen LogP contribution in [0.15, 0.2) is 34.2 Å². The molecule has 5 nitrogen and oxygen atoms in total. The average Bonchev–Trinajstić information content (AvgIpc) is 2.69. The summed E-state index contributed by atoms with van der Waals surface area (Å²) in [4.78, 5) is 32.2. The van der Waals surface area contributed by atoms with Crippen LogP contribution in [0.1, 0.15) is 66.6 Å². The summed E-state index contributed by atoms with van der Waals surface area (Å²) in [6.07, 6.45) is 6.18. The van der Waals surface area contributed by atoms with E-state index in [2.05, 4.69) is 11.9 Å². The molecule has 0 spiro atoms. The van der Waals surface area contributed by atoms with Crippen LogP contribution in [0.2, 0.25) is 0 Å². The SMILES string of the molecule is Cc1c(C(C)C2CCCCC2)nc(SCC(=O)c2ccc(O)cc2)[nH]c1=O. The maximum absolute atomic E-state index is 12.4. The van der Waals surface area contributed by atoms with Crippen LogP contribution in [-0.4, -0.2) is 26.6 Å². The molecule has 6 heteroatoms. The Labute approximate surface area is 163 Å². The third kappa shape index (κ3) is 4.80. The molecule has 1 aliphatic carbocycles. The summed E-state index contributed by atoms with van der Waals surface area (Å²) in [5, 5.41) is 9.82. The largest absolute Gasteiger partial charge is 0.508 e. The van der Waals surface area contributed by atoms with Gasteiger partial charge in [0.05, 0.1) is 11.4 Å². The predicted molar refractivity (Wildman–Crippen MR) is 108 cm³/mol. The molecule has 0 bridgehead atoms. The lowest BCUT2D eigenvalue weighted by Gasteiger charge is -2.28. The van der Waals surface area contributed by atoms with E-state index in [9.17, 15) is 14.7 Å². The van der Waals surface area contributed by atoms with Crippen molar-refractivity contribution in [3.05, 3.63) is 51.4 Å². The maximum atomic E-state index is 12.4. The van der Waals surface area contributed by atoms with Crippen molar-refractivity contribution in [1.82, 2.24) is 9.97 Å². The van der Waals surface area contributed by atoms with Crippen LogP contribution in [0.5, 0.6) is 5.75 Å². The van der Waals surface area contributed by atoms with Crippen LogP contribution in [0, 0.1) is 12.8 Å². The van der Waals surface area contributed by atoms with Gasteiger partial charge < -0.3 is 10.1 Å². The van der Waals surface area contributed by atoms with Crippen LogP contribution >= 0.6 is 11.8 Å². The highest BCUT2D eigenvalue weighted by Crippen LogP contribution is 2.35. The summed E-state index contributed by atoms with van der Waals surface area (Å²) in [5.41, 5.74) is 1.96. The van der Waals surface area contributed by atoms with Gasteiger partial charge in [0.15, 0.2) is 10.9 Å². The molecule has 3 rings (SSSR count). The molecule has 0 amide bonds. The molecule has 1 atom stereocenters. The van der Waals surface area contributed by atoms with Crippen LogP contribution in [0.25, 0.3) is 0 Å². The van der Waals surface area contributed by atoms with E-state index in [1.54, 1.807) is 12.1 Å². The van der Waals surface area contributed by atoms with E-state index in [4.69, 9.17) is 4.98 Å². The summed E-state index contributed by atoms with van der Waals surface area (Å²) in [7, 11) is 0. The Morgan fingerprint density at radius 1 is 1.26 bits per heavy atom. The fraction of sp³-hybridized carbons (Fsp3) is 0.476. The van der Waals surface area contributed by atoms with Gasteiger partial charge in [-0.3, -0.25) is 9.59 Å². The van der Waals surface area contributed by atoms with Gasteiger partial charge in [-0.1, -0.05) is 37.9 Å². The molecule has 1 unspecified atom stereocenters. The fourth-order valence-corrected chi connectivity index (χ4v) is 4.52. The zero-order valence-electron chi connectivity index (χ0n) is 15.8. The number of carbonyl (C=O) groups is 1. The second kappa shape index (κ2) is 8.74. The molecule has 1 aromatic carbocycles. The van der Waals surface area contributed by atoms with E-state index in [1.807, 2.05) is 6.92 Å². The number of aromatic hydroxyl groups is 1. The third-order valence-electron chi connectivity index (χ3n) is 5.48. The predicted octanol–water partition coefficient (Wildman–Crippen LogP) is 4.44. The van der Waals surface area contributed by atoms with Crippen LogP contribution < -0.4 is 5.56 Å². The van der Waals surface area contributed by atoms with Crippen LogP contribution in [0.3, 0.4) is 0 Å². The minimum absolute atomic E-state index is 0.0647. The van der Waals surface area contributed by atoms with Gasteiger partial charge in [-0.2, -0.15) is 0 Å². The summed E-state index contributed by atoms with van der Waals surface area (Å²) in [6.45, 7) is 4.00. The minimum atomic E-state index is -0.123. The molecular formula is C21H26N2O3S. The van der Waals surface area contributed by atoms with Gasteiger partial charge in [-0.05, 0) is 49.9 Å². The number of rotatable bonds is 6. The Hall–Kier alpha value is -2.08. The van der Waals surface area contributed by atoms with Crippen molar-refractivity contribution >= 4 is 17.5 Å². The average molecular weight is 387 g/mol. The number of benzene rings is 1. The van der Waals surface area contributed by atoms with Crippen molar-refractivity contribution in [3.63, 3.8) is 0 Å². The van der Waals surface area contributed by atoms with Gasteiger partial charge >= 0.3 is 0 Å². The second-order valence-corrected chi connectivity index (χ2v) is 8.29. The van der Waals surface area contributed by atoms with Crippen molar-refractivity contribution in [1.29, 1.82) is 0 Å². The van der Waals surface area contributed by atoms with Gasteiger partial charge in [0.1, 0.15) is 5.75 Å². The number of aromatic nitrogens is 2. The number of phenols is 1. The molecule has 0 aliphatic heterocycles. The Morgan fingerprint density at radius 2 is 1.93 bits per heavy atom. The van der Waals surface area contributed by atoms with E-state index in [0.29, 0.717) is 22.2 Å². The lowest BCUT2D eigenvalue weighted by atomic mass is 9.79. The topological polar surface area (TPSA) is 83.0 Å². The normalized spacial score (nSPS) is 16.2. The number of aromatic amines is 1. The second-order valence-electron chi connectivity index (χ2n) is 7.33. The zero-order chi connectivity index (χ0) is 19.4. The number of H-pyrrole nitrogens is 1. The smallest absolute Gasteiger partial charge is 0.254 e. The molecule has 1 saturated carbocycles. The lowest BCUT2D eigenvalue weighted by Crippen LogP contribution is -2.22. The molecule has 1 aliphatic rings. The number of phenolic OH excluding ortho intramolecular Hbond substituents is 1. The Morgan fingerprint density at radius 3 is 2.59 bits per heavy atom. The summed E-state index contributed by atoms with van der Waals surface area (Å²) < 4.78 is 0.